The van der Waals surface area contributed by atoms with Crippen molar-refractivity contribution in [1.82, 2.24) is 15.0 Å². The number of amides is 1. The summed E-state index contributed by atoms with van der Waals surface area (Å²) in [6, 6.07) is 15.9. The summed E-state index contributed by atoms with van der Waals surface area (Å²) in [5.41, 5.74) is 4.69. The maximum absolute atomic E-state index is 12.3. The third kappa shape index (κ3) is 4.01. The third-order valence-corrected chi connectivity index (χ3v) is 4.58. The molecule has 0 unspecified atom stereocenters. The van der Waals surface area contributed by atoms with Gasteiger partial charge in [-0.3, -0.25) is 4.79 Å². The lowest BCUT2D eigenvalue weighted by Gasteiger charge is -2.07. The number of aromatic amines is 1. The lowest BCUT2D eigenvalue weighted by molar-refractivity contribution is 0.102. The third-order valence-electron chi connectivity index (χ3n) is 4.58. The molecule has 0 saturated heterocycles. The Morgan fingerprint density at radius 2 is 1.79 bits per heavy atom. The van der Waals surface area contributed by atoms with Gasteiger partial charge in [0.05, 0.1) is 5.56 Å². The van der Waals surface area contributed by atoms with E-state index in [1.807, 2.05) is 49.5 Å². The van der Waals surface area contributed by atoms with Crippen LogP contribution in [0.15, 0.2) is 67.1 Å². The molecule has 6 heteroatoms. The Kier molecular flexibility index (Phi) is 5.01. The number of aryl methyl sites for hydroxylation is 1. The Hall–Kier alpha value is -3.67. The van der Waals surface area contributed by atoms with Crippen molar-refractivity contribution in [3.63, 3.8) is 0 Å². The summed E-state index contributed by atoms with van der Waals surface area (Å²) >= 11 is 0. The van der Waals surface area contributed by atoms with E-state index in [9.17, 15) is 4.79 Å². The second kappa shape index (κ2) is 7.92. The van der Waals surface area contributed by atoms with Crippen LogP contribution in [0.2, 0.25) is 0 Å². The Bertz CT molecular complexity index is 1080. The summed E-state index contributed by atoms with van der Waals surface area (Å²) in [4.78, 5) is 24.1. The van der Waals surface area contributed by atoms with E-state index in [-0.39, 0.29) is 5.91 Å². The van der Waals surface area contributed by atoms with E-state index in [0.717, 1.165) is 23.2 Å². The molecule has 0 aliphatic rings. The van der Waals surface area contributed by atoms with E-state index in [1.54, 1.807) is 0 Å². The highest BCUT2D eigenvalue weighted by atomic mass is 16.1. The van der Waals surface area contributed by atoms with Gasteiger partial charge in [0, 0.05) is 41.7 Å². The number of H-pyrrole nitrogens is 1. The number of para-hydroxylation sites is 1. The lowest BCUT2D eigenvalue weighted by atomic mass is 10.1. The molecule has 2 heterocycles. The lowest BCUT2D eigenvalue weighted by Crippen LogP contribution is -2.14. The molecule has 0 spiro atoms. The average Bonchev–Trinajstić information content (AvgIpc) is 3.13. The maximum atomic E-state index is 12.3. The Morgan fingerprint density at radius 1 is 1.04 bits per heavy atom. The SMILES string of the molecule is Cc1ccc(NC(=O)c2cnc(NCCc3c[nH]c4ccccc34)nc2)cc1. The molecule has 0 aliphatic heterocycles. The molecule has 0 saturated carbocycles. The van der Waals surface area contributed by atoms with Gasteiger partial charge in [0.25, 0.3) is 5.91 Å². The molecule has 1 amide bonds. The molecule has 4 rings (SSSR count). The number of carbonyl (C=O) groups is 1. The minimum absolute atomic E-state index is 0.228. The van der Waals surface area contributed by atoms with E-state index < -0.39 is 0 Å². The van der Waals surface area contributed by atoms with Crippen LogP contribution in [-0.4, -0.2) is 27.4 Å². The molecule has 0 bridgehead atoms. The number of aromatic nitrogens is 3. The fraction of sp³-hybridized carbons (Fsp3) is 0.136. The number of nitrogens with zero attached hydrogens (tertiary/aromatic N) is 2. The second-order valence-electron chi connectivity index (χ2n) is 6.65. The number of rotatable bonds is 6. The number of carbonyl (C=O) groups excluding carboxylic acids is 1. The van der Waals surface area contributed by atoms with Gasteiger partial charge in [-0.05, 0) is 37.1 Å². The highest BCUT2D eigenvalue weighted by molar-refractivity contribution is 6.03. The van der Waals surface area contributed by atoms with Gasteiger partial charge in [0.2, 0.25) is 5.95 Å². The van der Waals surface area contributed by atoms with Crippen LogP contribution in [0, 0.1) is 6.92 Å². The zero-order chi connectivity index (χ0) is 19.3. The van der Waals surface area contributed by atoms with Crippen LogP contribution in [0.5, 0.6) is 0 Å². The summed E-state index contributed by atoms with van der Waals surface area (Å²) in [6.45, 7) is 2.71. The van der Waals surface area contributed by atoms with Crippen LogP contribution >= 0.6 is 0 Å². The van der Waals surface area contributed by atoms with Crippen molar-refractivity contribution in [2.75, 3.05) is 17.2 Å². The Labute approximate surface area is 163 Å². The predicted octanol–water partition coefficient (Wildman–Crippen LogP) is 4.17. The second-order valence-corrected chi connectivity index (χ2v) is 6.65. The van der Waals surface area contributed by atoms with Crippen LogP contribution in [0.25, 0.3) is 10.9 Å². The van der Waals surface area contributed by atoms with Crippen molar-refractivity contribution >= 4 is 28.4 Å². The number of benzene rings is 2. The number of nitrogens with one attached hydrogen (secondary N) is 3. The first kappa shape index (κ1) is 17.7. The normalized spacial score (nSPS) is 10.8. The predicted molar refractivity (Wildman–Crippen MR) is 112 cm³/mol. The molecule has 0 fully saturated rings. The van der Waals surface area contributed by atoms with Crippen molar-refractivity contribution in [1.29, 1.82) is 0 Å². The number of hydrogen-bond acceptors (Lipinski definition) is 4. The summed E-state index contributed by atoms with van der Waals surface area (Å²) in [7, 11) is 0. The molecule has 2 aromatic carbocycles. The van der Waals surface area contributed by atoms with Gasteiger partial charge in [-0.25, -0.2) is 9.97 Å². The van der Waals surface area contributed by atoms with Crippen LogP contribution in [0.1, 0.15) is 21.5 Å². The molecule has 0 radical (unpaired) electrons. The monoisotopic (exact) mass is 371 g/mol. The number of hydrogen-bond donors (Lipinski definition) is 3. The quantitative estimate of drug-likeness (QED) is 0.475. The fourth-order valence-electron chi connectivity index (χ4n) is 3.02. The van der Waals surface area contributed by atoms with E-state index >= 15 is 0 Å². The van der Waals surface area contributed by atoms with Gasteiger partial charge < -0.3 is 15.6 Å². The van der Waals surface area contributed by atoms with E-state index in [4.69, 9.17) is 0 Å². The topological polar surface area (TPSA) is 82.7 Å². The molecule has 3 N–H and O–H groups in total. The van der Waals surface area contributed by atoms with Crippen LogP contribution < -0.4 is 10.6 Å². The van der Waals surface area contributed by atoms with Crippen LogP contribution in [-0.2, 0) is 6.42 Å². The molecule has 0 atom stereocenters. The summed E-state index contributed by atoms with van der Waals surface area (Å²) in [5.74, 6) is 0.279. The summed E-state index contributed by atoms with van der Waals surface area (Å²) < 4.78 is 0. The van der Waals surface area contributed by atoms with Crippen molar-refractivity contribution in [2.45, 2.75) is 13.3 Å². The van der Waals surface area contributed by atoms with Gasteiger partial charge in [0.1, 0.15) is 0 Å². The minimum atomic E-state index is -0.228. The van der Waals surface area contributed by atoms with Crippen molar-refractivity contribution < 1.29 is 4.79 Å². The van der Waals surface area contributed by atoms with Gasteiger partial charge in [0.15, 0.2) is 0 Å². The highest BCUT2D eigenvalue weighted by Gasteiger charge is 2.08. The zero-order valence-corrected chi connectivity index (χ0v) is 15.6. The molecule has 6 nitrogen and oxygen atoms in total. The minimum Gasteiger partial charge on any atom is -0.361 e. The molecule has 0 aliphatic carbocycles. The smallest absolute Gasteiger partial charge is 0.258 e. The first-order valence-electron chi connectivity index (χ1n) is 9.18. The fourth-order valence-corrected chi connectivity index (χ4v) is 3.02. The van der Waals surface area contributed by atoms with Crippen LogP contribution in [0.4, 0.5) is 11.6 Å². The van der Waals surface area contributed by atoms with E-state index in [0.29, 0.717) is 18.1 Å². The Balaban J connectivity index is 1.33. The van der Waals surface area contributed by atoms with Crippen LogP contribution in [0.3, 0.4) is 0 Å². The number of fused-ring (bicyclic) bond motifs is 1. The molecule has 2 aromatic heterocycles. The van der Waals surface area contributed by atoms with E-state index in [1.165, 1.54) is 23.3 Å². The maximum Gasteiger partial charge on any atom is 0.258 e. The standard InChI is InChI=1S/C22H21N5O/c1-15-6-8-18(9-7-15)27-21(28)17-13-25-22(26-14-17)23-11-10-16-12-24-20-5-3-2-4-19(16)20/h2-9,12-14,24H,10-11H2,1H3,(H,27,28)(H,23,25,26). The van der Waals surface area contributed by atoms with E-state index in [2.05, 4.69) is 37.7 Å². The summed E-state index contributed by atoms with van der Waals surface area (Å²) in [6.07, 6.45) is 5.95. The highest BCUT2D eigenvalue weighted by Crippen LogP contribution is 2.18. The molecular weight excluding hydrogens is 350 g/mol. The average molecular weight is 371 g/mol. The van der Waals surface area contributed by atoms with Gasteiger partial charge in [-0.15, -0.1) is 0 Å². The number of anilines is 2. The largest absolute Gasteiger partial charge is 0.361 e. The molecule has 140 valence electrons. The molecule has 4 aromatic rings. The molecule has 28 heavy (non-hydrogen) atoms. The van der Waals surface area contributed by atoms with Gasteiger partial charge >= 0.3 is 0 Å². The van der Waals surface area contributed by atoms with Crippen molar-refractivity contribution in [3.8, 4) is 0 Å². The first-order valence-corrected chi connectivity index (χ1v) is 9.18. The van der Waals surface area contributed by atoms with Crippen molar-refractivity contribution in [2.24, 2.45) is 0 Å². The van der Waals surface area contributed by atoms with Gasteiger partial charge in [-0.2, -0.15) is 0 Å². The first-order chi connectivity index (χ1) is 13.7. The Morgan fingerprint density at radius 3 is 2.57 bits per heavy atom. The van der Waals surface area contributed by atoms with Gasteiger partial charge in [-0.1, -0.05) is 35.9 Å². The molecular formula is C22H21N5O. The summed E-state index contributed by atoms with van der Waals surface area (Å²) in [5, 5.41) is 7.27. The zero-order valence-electron chi connectivity index (χ0n) is 15.6. The van der Waals surface area contributed by atoms with Crippen molar-refractivity contribution in [3.05, 3.63) is 83.8 Å².